The Morgan fingerprint density at radius 2 is 1.80 bits per heavy atom. The van der Waals surface area contributed by atoms with Gasteiger partial charge in [0, 0.05) is 0 Å². The molecule has 0 aromatic heterocycles. The van der Waals surface area contributed by atoms with E-state index in [1.165, 1.54) is 0 Å². The van der Waals surface area contributed by atoms with E-state index in [4.69, 9.17) is 9.66 Å². The molecule has 4 nitrogen and oxygen atoms in total. The molecule has 0 aromatic rings. The van der Waals surface area contributed by atoms with Crippen molar-refractivity contribution < 1.29 is 60.0 Å². The summed E-state index contributed by atoms with van der Waals surface area (Å²) in [5.74, 6) is -0.538. The van der Waals surface area contributed by atoms with Crippen LogP contribution in [0.5, 0.6) is 0 Å². The zero-order chi connectivity index (χ0) is 6.62. The average Bonchev–Trinajstić information content (AvgIpc) is 1.59. The molecule has 0 radical (unpaired) electrons. The van der Waals surface area contributed by atoms with Gasteiger partial charge < -0.3 is 17.5 Å². The Kier molecular flexibility index (Phi) is 13.3. The zero-order valence-corrected chi connectivity index (χ0v) is 8.93. The molecule has 10 heavy (non-hydrogen) atoms. The first-order valence-electron chi connectivity index (χ1n) is 1.80. The third kappa shape index (κ3) is 15.9. The van der Waals surface area contributed by atoms with Crippen molar-refractivity contribution in [3.05, 3.63) is 12.3 Å². The summed E-state index contributed by atoms with van der Waals surface area (Å²) in [5, 5.41) is 7.87. The molecule has 0 heterocycles. The third-order valence-electron chi connectivity index (χ3n) is 0.412. The Hall–Kier alpha value is 0.740. The van der Waals surface area contributed by atoms with E-state index in [-0.39, 0.29) is 42.0 Å². The fourth-order valence-electron chi connectivity index (χ4n) is 0.165. The smallest absolute Gasteiger partial charge is 1.00 e. The Labute approximate surface area is 87.8 Å². The first-order chi connectivity index (χ1) is 3.56. The number of hydrogen-bond donors (Lipinski definition) is 2. The predicted molar refractivity (Wildman–Crippen MR) is 28.2 cm³/mol. The summed E-state index contributed by atoms with van der Waals surface area (Å²) in [5.41, 5.74) is 0. The summed E-state index contributed by atoms with van der Waals surface area (Å²) in [6, 6.07) is 0. The van der Waals surface area contributed by atoms with Crippen molar-refractivity contribution in [2.24, 2.45) is 0 Å². The van der Waals surface area contributed by atoms with Crippen molar-refractivity contribution in [3.8, 4) is 0 Å². The van der Waals surface area contributed by atoms with Gasteiger partial charge in [-0.05, 0) is 6.08 Å². The standard InChI is InChI=1S/C3H6O4S.ClH.Na/c4-2-1-3-8(5,6)7;;/h1-2,4H,3H2,(H,5,6,7);1H;/q;;+1/p-1. The van der Waals surface area contributed by atoms with Gasteiger partial charge in [0.15, 0.2) is 0 Å². The van der Waals surface area contributed by atoms with E-state index in [9.17, 15) is 8.42 Å². The van der Waals surface area contributed by atoms with E-state index < -0.39 is 15.9 Å². The fraction of sp³-hybridized carbons (Fsp3) is 0.333. The maximum absolute atomic E-state index is 9.78. The van der Waals surface area contributed by atoms with Crippen molar-refractivity contribution in [1.82, 2.24) is 0 Å². The minimum atomic E-state index is -3.93. The molecule has 0 atom stereocenters. The maximum Gasteiger partial charge on any atom is 1.00 e. The van der Waals surface area contributed by atoms with Crippen molar-refractivity contribution in [1.29, 1.82) is 0 Å². The van der Waals surface area contributed by atoms with Gasteiger partial charge in [0.2, 0.25) is 0 Å². The minimum Gasteiger partial charge on any atom is -1.00 e. The monoisotopic (exact) mass is 196 g/mol. The first-order valence-corrected chi connectivity index (χ1v) is 3.41. The Morgan fingerprint density at radius 3 is 1.90 bits per heavy atom. The summed E-state index contributed by atoms with van der Waals surface area (Å²) in [6.07, 6.45) is 1.49. The predicted octanol–water partition coefficient (Wildman–Crippen LogP) is -6.05. The summed E-state index contributed by atoms with van der Waals surface area (Å²) in [6.45, 7) is 0. The van der Waals surface area contributed by atoms with Gasteiger partial charge in [0.1, 0.15) is 0 Å². The fourth-order valence-corrected chi connectivity index (χ4v) is 0.494. The second-order valence-corrected chi connectivity index (χ2v) is 2.63. The molecule has 0 aliphatic rings. The molecule has 0 aliphatic carbocycles. The van der Waals surface area contributed by atoms with Gasteiger partial charge in [-0.1, -0.05) is 0 Å². The molecule has 0 unspecified atom stereocenters. The average molecular weight is 197 g/mol. The van der Waals surface area contributed by atoms with Gasteiger partial charge in [-0.3, -0.25) is 4.55 Å². The number of aliphatic hydroxyl groups excluding tert-OH is 1. The molecule has 0 bridgehead atoms. The van der Waals surface area contributed by atoms with Crippen LogP contribution in [0, 0.1) is 0 Å². The molecule has 7 heteroatoms. The van der Waals surface area contributed by atoms with Crippen molar-refractivity contribution in [2.75, 3.05) is 5.75 Å². The van der Waals surface area contributed by atoms with Gasteiger partial charge in [-0.15, -0.1) is 0 Å². The van der Waals surface area contributed by atoms with Gasteiger partial charge in [-0.25, -0.2) is 0 Å². The van der Waals surface area contributed by atoms with E-state index in [1.54, 1.807) is 0 Å². The van der Waals surface area contributed by atoms with Crippen LogP contribution in [0.4, 0.5) is 0 Å². The quantitative estimate of drug-likeness (QED) is 0.262. The van der Waals surface area contributed by atoms with Crippen LogP contribution in [-0.2, 0) is 10.1 Å². The first kappa shape index (κ1) is 17.0. The zero-order valence-electron chi connectivity index (χ0n) is 5.36. The van der Waals surface area contributed by atoms with Crippen LogP contribution in [0.3, 0.4) is 0 Å². The summed E-state index contributed by atoms with van der Waals surface area (Å²) < 4.78 is 27.5. The van der Waals surface area contributed by atoms with Crippen molar-refractivity contribution >= 4 is 10.1 Å². The largest absolute Gasteiger partial charge is 1.00 e. The number of hydrogen-bond acceptors (Lipinski definition) is 3. The minimum absolute atomic E-state index is 0. The normalized spacial score (nSPS) is 10.1. The Morgan fingerprint density at radius 1 is 1.40 bits per heavy atom. The SMILES string of the molecule is O=S(=O)(O)CC=CO.[Cl-].[Na+]. The van der Waals surface area contributed by atoms with Crippen LogP contribution >= 0.6 is 0 Å². The second-order valence-electron chi connectivity index (χ2n) is 1.13. The Balaban J connectivity index is -0.000000245. The maximum atomic E-state index is 9.78. The van der Waals surface area contributed by atoms with Crippen molar-refractivity contribution in [2.45, 2.75) is 0 Å². The molecule has 2 N–H and O–H groups in total. The topological polar surface area (TPSA) is 74.6 Å². The van der Waals surface area contributed by atoms with Gasteiger partial charge in [0.05, 0.1) is 12.0 Å². The molecule has 0 aromatic carbocycles. The molecular formula is C3H6ClNaO4S. The van der Waals surface area contributed by atoms with Crippen LogP contribution in [-0.4, -0.2) is 23.8 Å². The van der Waals surface area contributed by atoms with E-state index in [1.807, 2.05) is 0 Å². The van der Waals surface area contributed by atoms with Crippen LogP contribution in [0.15, 0.2) is 12.3 Å². The van der Waals surface area contributed by atoms with Crippen LogP contribution in [0.25, 0.3) is 0 Å². The van der Waals surface area contributed by atoms with Crippen LogP contribution in [0.2, 0.25) is 0 Å². The number of rotatable bonds is 2. The Bertz CT molecular complexity index is 175. The number of halogens is 1. The molecule has 0 amide bonds. The summed E-state index contributed by atoms with van der Waals surface area (Å²) in [7, 11) is -3.93. The van der Waals surface area contributed by atoms with Gasteiger partial charge >= 0.3 is 29.6 Å². The molecule has 0 spiro atoms. The second kappa shape index (κ2) is 7.84. The van der Waals surface area contributed by atoms with E-state index in [2.05, 4.69) is 0 Å². The van der Waals surface area contributed by atoms with E-state index in [0.717, 1.165) is 6.08 Å². The van der Waals surface area contributed by atoms with Crippen molar-refractivity contribution in [3.63, 3.8) is 0 Å². The third-order valence-corrected chi connectivity index (χ3v) is 1.03. The number of aliphatic hydroxyl groups is 1. The van der Waals surface area contributed by atoms with Gasteiger partial charge in [-0.2, -0.15) is 8.42 Å². The summed E-state index contributed by atoms with van der Waals surface area (Å²) >= 11 is 0. The molecule has 0 rings (SSSR count). The molecular weight excluding hydrogens is 191 g/mol. The van der Waals surface area contributed by atoms with Gasteiger partial charge in [0.25, 0.3) is 10.1 Å². The van der Waals surface area contributed by atoms with E-state index >= 15 is 0 Å². The van der Waals surface area contributed by atoms with Crippen LogP contribution in [0.1, 0.15) is 0 Å². The molecule has 0 aliphatic heterocycles. The van der Waals surface area contributed by atoms with Crippen LogP contribution < -0.4 is 42.0 Å². The summed E-state index contributed by atoms with van der Waals surface area (Å²) in [4.78, 5) is 0. The molecule has 0 fully saturated rings. The van der Waals surface area contributed by atoms with E-state index in [0.29, 0.717) is 6.26 Å². The molecule has 0 saturated carbocycles. The molecule has 0 saturated heterocycles. The molecule has 56 valence electrons.